The highest BCUT2D eigenvalue weighted by Crippen LogP contribution is 2.17. The number of ether oxygens (including phenoxy) is 1. The number of carboxylic acid groups (broad SMARTS) is 1. The lowest BCUT2D eigenvalue weighted by atomic mass is 10.1. The van der Waals surface area contributed by atoms with Gasteiger partial charge in [0, 0.05) is 12.1 Å². The molecule has 0 unspecified atom stereocenters. The normalized spacial score (nSPS) is 10.4. The van der Waals surface area contributed by atoms with Gasteiger partial charge in [0.1, 0.15) is 5.75 Å². The van der Waals surface area contributed by atoms with E-state index in [4.69, 9.17) is 9.84 Å². The maximum absolute atomic E-state index is 10.5. The first-order chi connectivity index (χ1) is 9.74. The molecule has 1 aromatic rings. The summed E-state index contributed by atoms with van der Waals surface area (Å²) in [7, 11) is 0. The second-order valence-electron chi connectivity index (χ2n) is 4.88. The van der Waals surface area contributed by atoms with Gasteiger partial charge in [-0.05, 0) is 19.0 Å². The molecular formula is C16H25NO3. The highest BCUT2D eigenvalue weighted by Gasteiger charge is 2.04. The number of carboxylic acids is 1. The van der Waals surface area contributed by atoms with E-state index in [1.165, 1.54) is 32.1 Å². The van der Waals surface area contributed by atoms with Crippen LogP contribution in [-0.2, 0) is 11.3 Å². The zero-order valence-electron chi connectivity index (χ0n) is 12.2. The molecule has 0 radical (unpaired) electrons. The van der Waals surface area contributed by atoms with Crippen molar-refractivity contribution in [1.82, 2.24) is 5.32 Å². The van der Waals surface area contributed by atoms with Crippen molar-refractivity contribution in [3.8, 4) is 5.75 Å². The zero-order valence-corrected chi connectivity index (χ0v) is 12.2. The monoisotopic (exact) mass is 279 g/mol. The highest BCUT2D eigenvalue weighted by atomic mass is 16.5. The van der Waals surface area contributed by atoms with Gasteiger partial charge in [-0.15, -0.1) is 0 Å². The van der Waals surface area contributed by atoms with Crippen LogP contribution in [0.15, 0.2) is 24.3 Å². The summed E-state index contributed by atoms with van der Waals surface area (Å²) in [6, 6.07) is 7.56. The Balaban J connectivity index is 2.26. The largest absolute Gasteiger partial charge is 0.482 e. The summed E-state index contributed by atoms with van der Waals surface area (Å²) in [5, 5.41) is 12.0. The fourth-order valence-corrected chi connectivity index (χ4v) is 2.01. The van der Waals surface area contributed by atoms with E-state index in [2.05, 4.69) is 12.2 Å². The van der Waals surface area contributed by atoms with E-state index in [0.29, 0.717) is 12.3 Å². The summed E-state index contributed by atoms with van der Waals surface area (Å²) >= 11 is 0. The SMILES string of the molecule is CCCCCCCNCc1ccccc1OCC(=O)O. The summed E-state index contributed by atoms with van der Waals surface area (Å²) in [5.41, 5.74) is 1.00. The summed E-state index contributed by atoms with van der Waals surface area (Å²) in [4.78, 5) is 10.5. The van der Waals surface area contributed by atoms with Crippen molar-refractivity contribution < 1.29 is 14.6 Å². The number of rotatable bonds is 11. The van der Waals surface area contributed by atoms with Gasteiger partial charge >= 0.3 is 5.97 Å². The molecule has 0 atom stereocenters. The lowest BCUT2D eigenvalue weighted by molar-refractivity contribution is -0.139. The minimum absolute atomic E-state index is 0.298. The third-order valence-electron chi connectivity index (χ3n) is 3.10. The second-order valence-corrected chi connectivity index (χ2v) is 4.88. The maximum Gasteiger partial charge on any atom is 0.341 e. The first-order valence-electron chi connectivity index (χ1n) is 7.37. The Labute approximate surface area is 121 Å². The number of hydrogen-bond donors (Lipinski definition) is 2. The van der Waals surface area contributed by atoms with Gasteiger partial charge < -0.3 is 15.2 Å². The summed E-state index contributed by atoms with van der Waals surface area (Å²) in [5.74, 6) is -0.308. The van der Waals surface area contributed by atoms with Gasteiger partial charge in [0.25, 0.3) is 0 Å². The molecule has 0 amide bonds. The topological polar surface area (TPSA) is 58.6 Å². The number of benzene rings is 1. The van der Waals surface area contributed by atoms with Crippen LogP contribution in [0.1, 0.15) is 44.6 Å². The van der Waals surface area contributed by atoms with Crippen LogP contribution in [0, 0.1) is 0 Å². The lowest BCUT2D eigenvalue weighted by Gasteiger charge is -2.10. The average molecular weight is 279 g/mol. The van der Waals surface area contributed by atoms with Crippen molar-refractivity contribution in [3.63, 3.8) is 0 Å². The molecule has 0 aliphatic carbocycles. The van der Waals surface area contributed by atoms with Crippen molar-refractivity contribution in [3.05, 3.63) is 29.8 Å². The average Bonchev–Trinajstić information content (AvgIpc) is 2.45. The van der Waals surface area contributed by atoms with Crippen LogP contribution >= 0.6 is 0 Å². The maximum atomic E-state index is 10.5. The van der Waals surface area contributed by atoms with Crippen molar-refractivity contribution >= 4 is 5.97 Å². The van der Waals surface area contributed by atoms with E-state index < -0.39 is 5.97 Å². The molecule has 0 bridgehead atoms. The molecule has 0 spiro atoms. The summed E-state index contributed by atoms with van der Waals surface area (Å²) in [6.07, 6.45) is 6.32. The van der Waals surface area contributed by atoms with Gasteiger partial charge in [-0.25, -0.2) is 4.79 Å². The predicted molar refractivity (Wildman–Crippen MR) is 80.0 cm³/mol. The van der Waals surface area contributed by atoms with E-state index in [0.717, 1.165) is 12.1 Å². The fraction of sp³-hybridized carbons (Fsp3) is 0.562. The number of aliphatic carboxylic acids is 1. The first kappa shape index (κ1) is 16.5. The Bertz CT molecular complexity index is 393. The molecule has 0 heterocycles. The van der Waals surface area contributed by atoms with Crippen LogP contribution in [0.4, 0.5) is 0 Å². The number of carbonyl (C=O) groups is 1. The molecular weight excluding hydrogens is 254 g/mol. The molecule has 4 heteroatoms. The van der Waals surface area contributed by atoms with Gasteiger partial charge in [-0.1, -0.05) is 50.8 Å². The first-order valence-corrected chi connectivity index (χ1v) is 7.37. The van der Waals surface area contributed by atoms with Gasteiger partial charge in [0.05, 0.1) is 0 Å². The minimum atomic E-state index is -0.955. The molecule has 0 saturated heterocycles. The van der Waals surface area contributed by atoms with Crippen molar-refractivity contribution in [2.45, 2.75) is 45.6 Å². The molecule has 1 rings (SSSR count). The van der Waals surface area contributed by atoms with Crippen LogP contribution in [0.5, 0.6) is 5.75 Å². The van der Waals surface area contributed by atoms with Crippen molar-refractivity contribution in [1.29, 1.82) is 0 Å². The predicted octanol–water partition coefficient (Wildman–Crippen LogP) is 3.21. The standard InChI is InChI=1S/C16H25NO3/c1-2-3-4-5-8-11-17-12-14-9-6-7-10-15(14)20-13-16(18)19/h6-7,9-10,17H,2-5,8,11-13H2,1H3,(H,18,19). The summed E-state index contributed by atoms with van der Waals surface area (Å²) in [6.45, 7) is 3.61. The Morgan fingerprint density at radius 3 is 2.70 bits per heavy atom. The van der Waals surface area contributed by atoms with Gasteiger partial charge in [0.15, 0.2) is 6.61 Å². The van der Waals surface area contributed by atoms with Gasteiger partial charge in [-0.3, -0.25) is 0 Å². The molecule has 1 aromatic carbocycles. The Morgan fingerprint density at radius 2 is 1.95 bits per heavy atom. The number of para-hydroxylation sites is 1. The second kappa shape index (κ2) is 10.3. The molecule has 112 valence electrons. The molecule has 2 N–H and O–H groups in total. The number of hydrogen-bond acceptors (Lipinski definition) is 3. The smallest absolute Gasteiger partial charge is 0.341 e. The number of nitrogens with one attached hydrogen (secondary N) is 1. The molecule has 4 nitrogen and oxygen atoms in total. The molecule has 0 saturated carbocycles. The van der Waals surface area contributed by atoms with Gasteiger partial charge in [-0.2, -0.15) is 0 Å². The van der Waals surface area contributed by atoms with Crippen molar-refractivity contribution in [2.75, 3.05) is 13.2 Å². The quantitative estimate of drug-likeness (QED) is 0.611. The van der Waals surface area contributed by atoms with E-state index in [-0.39, 0.29) is 6.61 Å². The molecule has 0 aromatic heterocycles. The van der Waals surface area contributed by atoms with Crippen LogP contribution in [0.3, 0.4) is 0 Å². The third kappa shape index (κ3) is 7.14. The molecule has 0 fully saturated rings. The Kier molecular flexibility index (Phi) is 8.47. The van der Waals surface area contributed by atoms with E-state index in [1.807, 2.05) is 18.2 Å². The van der Waals surface area contributed by atoms with Crippen LogP contribution in [-0.4, -0.2) is 24.2 Å². The molecule has 0 aliphatic rings. The van der Waals surface area contributed by atoms with Crippen LogP contribution in [0.25, 0.3) is 0 Å². The van der Waals surface area contributed by atoms with Gasteiger partial charge in [0.2, 0.25) is 0 Å². The molecule has 0 aliphatic heterocycles. The van der Waals surface area contributed by atoms with Crippen molar-refractivity contribution in [2.24, 2.45) is 0 Å². The van der Waals surface area contributed by atoms with E-state index in [9.17, 15) is 4.79 Å². The van der Waals surface area contributed by atoms with Crippen LogP contribution in [0.2, 0.25) is 0 Å². The zero-order chi connectivity index (χ0) is 14.6. The van der Waals surface area contributed by atoms with E-state index in [1.54, 1.807) is 6.07 Å². The molecule has 20 heavy (non-hydrogen) atoms. The van der Waals surface area contributed by atoms with E-state index >= 15 is 0 Å². The summed E-state index contributed by atoms with van der Waals surface area (Å²) < 4.78 is 5.27. The minimum Gasteiger partial charge on any atom is -0.482 e. The fourth-order valence-electron chi connectivity index (χ4n) is 2.01. The Morgan fingerprint density at radius 1 is 1.20 bits per heavy atom. The Hall–Kier alpha value is -1.55. The van der Waals surface area contributed by atoms with Crippen LogP contribution < -0.4 is 10.1 Å². The lowest BCUT2D eigenvalue weighted by Crippen LogP contribution is -2.16. The third-order valence-corrected chi connectivity index (χ3v) is 3.10. The number of unbranched alkanes of at least 4 members (excludes halogenated alkanes) is 4. The highest BCUT2D eigenvalue weighted by molar-refractivity contribution is 5.68.